The van der Waals surface area contributed by atoms with Crippen LogP contribution in [0.1, 0.15) is 24.8 Å². The van der Waals surface area contributed by atoms with Gasteiger partial charge in [-0.3, -0.25) is 9.59 Å². The summed E-state index contributed by atoms with van der Waals surface area (Å²) in [5, 5.41) is 6.31. The van der Waals surface area contributed by atoms with E-state index in [-0.39, 0.29) is 11.5 Å². The van der Waals surface area contributed by atoms with Crippen molar-refractivity contribution in [3.05, 3.63) is 34.2 Å². The molecule has 5 nitrogen and oxygen atoms in total. The molecule has 0 aliphatic heterocycles. The lowest BCUT2D eigenvalue weighted by Gasteiger charge is -2.25. The van der Waals surface area contributed by atoms with Crippen molar-refractivity contribution in [2.24, 2.45) is 5.92 Å². The minimum absolute atomic E-state index is 0.0308. The molecular weight excluding hydrogens is 310 g/mol. The van der Waals surface area contributed by atoms with Gasteiger partial charge in [-0.25, -0.2) is 0 Å². The summed E-state index contributed by atoms with van der Waals surface area (Å²) in [5.41, 5.74) is 1.01. The molecule has 1 aromatic heterocycles. The zero-order chi connectivity index (χ0) is 16.5. The molecule has 6 heteroatoms. The Morgan fingerprint density at radius 3 is 2.91 bits per heavy atom. The molecule has 1 aliphatic rings. The van der Waals surface area contributed by atoms with Gasteiger partial charge in [-0.05, 0) is 37.8 Å². The van der Waals surface area contributed by atoms with Crippen LogP contribution in [0, 0.1) is 12.8 Å². The minimum atomic E-state index is -0.0308. The van der Waals surface area contributed by atoms with Crippen LogP contribution in [0.15, 0.2) is 23.1 Å². The second-order valence-electron chi connectivity index (χ2n) is 6.14. The van der Waals surface area contributed by atoms with Crippen molar-refractivity contribution in [1.82, 2.24) is 15.2 Å². The third-order valence-corrected chi connectivity index (χ3v) is 5.08. The van der Waals surface area contributed by atoms with Gasteiger partial charge in [0.1, 0.15) is 0 Å². The first kappa shape index (κ1) is 18.1. The van der Waals surface area contributed by atoms with Crippen LogP contribution < -0.4 is 16.2 Å². The molecular formula is C17H27N3O2S. The van der Waals surface area contributed by atoms with E-state index < -0.39 is 0 Å². The van der Waals surface area contributed by atoms with E-state index in [4.69, 9.17) is 0 Å². The highest BCUT2D eigenvalue weighted by atomic mass is 32.2. The van der Waals surface area contributed by atoms with Crippen LogP contribution in [-0.4, -0.2) is 41.6 Å². The maximum atomic E-state index is 11.7. The number of nitrogens with zero attached hydrogens (tertiary/aromatic N) is 1. The Hall–Kier alpha value is -1.27. The van der Waals surface area contributed by atoms with Gasteiger partial charge in [0.15, 0.2) is 0 Å². The number of aromatic nitrogens is 1. The fraction of sp³-hybridized carbons (Fsp3) is 0.647. The van der Waals surface area contributed by atoms with Gasteiger partial charge in [0.05, 0.1) is 5.75 Å². The Balaban J connectivity index is 1.49. The smallest absolute Gasteiger partial charge is 0.250 e. The van der Waals surface area contributed by atoms with Crippen LogP contribution in [0.4, 0.5) is 0 Å². The van der Waals surface area contributed by atoms with Gasteiger partial charge < -0.3 is 15.2 Å². The van der Waals surface area contributed by atoms with Crippen LogP contribution in [0.5, 0.6) is 0 Å². The number of hydrogen-bond acceptors (Lipinski definition) is 4. The van der Waals surface area contributed by atoms with Crippen LogP contribution >= 0.6 is 11.8 Å². The van der Waals surface area contributed by atoms with E-state index in [1.165, 1.54) is 19.3 Å². The van der Waals surface area contributed by atoms with E-state index in [9.17, 15) is 9.59 Å². The summed E-state index contributed by atoms with van der Waals surface area (Å²) in [4.78, 5) is 23.4. The Morgan fingerprint density at radius 1 is 1.35 bits per heavy atom. The molecule has 1 saturated carbocycles. The zero-order valence-corrected chi connectivity index (χ0v) is 14.7. The van der Waals surface area contributed by atoms with E-state index in [1.54, 1.807) is 28.5 Å². The fourth-order valence-electron chi connectivity index (χ4n) is 2.50. The quantitative estimate of drug-likeness (QED) is 0.634. The number of aryl methyl sites for hydroxylation is 1. The SMILES string of the molecule is Cc1ccc(=O)n(CCNC(=O)CSCCNCC2CCC2)c1. The highest BCUT2D eigenvalue weighted by molar-refractivity contribution is 7.99. The topological polar surface area (TPSA) is 63.1 Å². The van der Waals surface area contributed by atoms with Crippen molar-refractivity contribution in [3.8, 4) is 0 Å². The zero-order valence-electron chi connectivity index (χ0n) is 13.8. The molecule has 0 spiro atoms. The average molecular weight is 337 g/mol. The predicted octanol–water partition coefficient (Wildman–Crippen LogP) is 1.40. The summed E-state index contributed by atoms with van der Waals surface area (Å²) in [6.07, 6.45) is 5.94. The Labute approximate surface area is 142 Å². The molecule has 1 aromatic rings. The molecule has 0 bridgehead atoms. The molecule has 1 heterocycles. The number of carbonyl (C=O) groups excluding carboxylic acids is 1. The Morgan fingerprint density at radius 2 is 2.17 bits per heavy atom. The number of rotatable bonds is 10. The van der Waals surface area contributed by atoms with Gasteiger partial charge in [0.25, 0.3) is 5.56 Å². The second-order valence-corrected chi connectivity index (χ2v) is 7.25. The van der Waals surface area contributed by atoms with Gasteiger partial charge >= 0.3 is 0 Å². The van der Waals surface area contributed by atoms with Crippen LogP contribution in [-0.2, 0) is 11.3 Å². The van der Waals surface area contributed by atoms with Crippen LogP contribution in [0.25, 0.3) is 0 Å². The van der Waals surface area contributed by atoms with Gasteiger partial charge in [-0.15, -0.1) is 0 Å². The molecule has 128 valence electrons. The van der Waals surface area contributed by atoms with E-state index >= 15 is 0 Å². The summed E-state index contributed by atoms with van der Waals surface area (Å²) in [5.74, 6) is 2.36. The number of amides is 1. The number of nitrogens with one attached hydrogen (secondary N) is 2. The van der Waals surface area contributed by atoms with Crippen molar-refractivity contribution in [1.29, 1.82) is 0 Å². The first-order valence-corrected chi connectivity index (χ1v) is 9.53. The van der Waals surface area contributed by atoms with Crippen molar-refractivity contribution in [2.75, 3.05) is 31.1 Å². The molecule has 0 unspecified atom stereocenters. The van der Waals surface area contributed by atoms with Crippen LogP contribution in [0.2, 0.25) is 0 Å². The molecule has 0 aromatic carbocycles. The highest BCUT2D eigenvalue weighted by Gasteiger charge is 2.15. The van der Waals surface area contributed by atoms with E-state index in [0.29, 0.717) is 18.8 Å². The molecule has 0 radical (unpaired) electrons. The molecule has 0 saturated heterocycles. The molecule has 1 aliphatic carbocycles. The van der Waals surface area contributed by atoms with Gasteiger partial charge in [0.2, 0.25) is 5.91 Å². The van der Waals surface area contributed by atoms with E-state index in [1.807, 2.05) is 13.1 Å². The highest BCUT2D eigenvalue weighted by Crippen LogP contribution is 2.24. The lowest BCUT2D eigenvalue weighted by atomic mass is 9.85. The fourth-order valence-corrected chi connectivity index (χ4v) is 3.23. The van der Waals surface area contributed by atoms with Crippen LogP contribution in [0.3, 0.4) is 0 Å². The standard InChI is InChI=1S/C17H27N3O2S/c1-14-5-6-17(22)20(12-14)9-7-19-16(21)13-23-10-8-18-11-15-3-2-4-15/h5-6,12,15,18H,2-4,7-11,13H2,1H3,(H,19,21). The van der Waals surface area contributed by atoms with Crippen molar-refractivity contribution >= 4 is 17.7 Å². The molecule has 1 fully saturated rings. The Bertz CT molecular complexity index is 555. The van der Waals surface area contributed by atoms with E-state index in [0.717, 1.165) is 30.3 Å². The molecule has 23 heavy (non-hydrogen) atoms. The summed E-state index contributed by atoms with van der Waals surface area (Å²) in [6.45, 7) is 5.04. The third kappa shape index (κ3) is 6.79. The average Bonchev–Trinajstić information content (AvgIpc) is 2.48. The summed E-state index contributed by atoms with van der Waals surface area (Å²) < 4.78 is 1.63. The predicted molar refractivity (Wildman–Crippen MR) is 96.0 cm³/mol. The summed E-state index contributed by atoms with van der Waals surface area (Å²) in [6, 6.07) is 3.36. The number of carbonyl (C=O) groups is 1. The first-order chi connectivity index (χ1) is 11.1. The van der Waals surface area contributed by atoms with Gasteiger partial charge in [0, 0.05) is 37.7 Å². The third-order valence-electron chi connectivity index (χ3n) is 4.12. The van der Waals surface area contributed by atoms with Crippen molar-refractivity contribution in [3.63, 3.8) is 0 Å². The summed E-state index contributed by atoms with van der Waals surface area (Å²) in [7, 11) is 0. The largest absolute Gasteiger partial charge is 0.354 e. The number of pyridine rings is 1. The molecule has 0 atom stereocenters. The van der Waals surface area contributed by atoms with Crippen molar-refractivity contribution in [2.45, 2.75) is 32.7 Å². The first-order valence-electron chi connectivity index (χ1n) is 8.37. The van der Waals surface area contributed by atoms with Crippen molar-refractivity contribution < 1.29 is 4.79 Å². The molecule has 2 N–H and O–H groups in total. The Kier molecular flexibility index (Phi) is 7.68. The lowest BCUT2D eigenvalue weighted by molar-refractivity contribution is -0.118. The van der Waals surface area contributed by atoms with Gasteiger partial charge in [-0.2, -0.15) is 11.8 Å². The molecule has 1 amide bonds. The normalized spacial score (nSPS) is 14.5. The second kappa shape index (κ2) is 9.78. The van der Waals surface area contributed by atoms with E-state index in [2.05, 4.69) is 10.6 Å². The summed E-state index contributed by atoms with van der Waals surface area (Å²) >= 11 is 1.65. The number of thioether (sulfide) groups is 1. The monoisotopic (exact) mass is 337 g/mol. The molecule has 2 rings (SSSR count). The lowest BCUT2D eigenvalue weighted by Crippen LogP contribution is -2.32. The maximum absolute atomic E-state index is 11.7. The van der Waals surface area contributed by atoms with Gasteiger partial charge in [-0.1, -0.05) is 12.5 Å². The maximum Gasteiger partial charge on any atom is 0.250 e. The number of hydrogen-bond donors (Lipinski definition) is 2. The minimum Gasteiger partial charge on any atom is -0.354 e.